The predicted molar refractivity (Wildman–Crippen MR) is 91.4 cm³/mol. The van der Waals surface area contributed by atoms with E-state index in [4.69, 9.17) is 5.26 Å². The van der Waals surface area contributed by atoms with Crippen LogP contribution >= 0.6 is 0 Å². The SMILES string of the molecule is CC1=C[C@]2(C)C3=CC(=O)C(C#N)=C[C@]3(C#CC#N)CCC2[C@@H](C)C1=O. The van der Waals surface area contributed by atoms with Crippen LogP contribution in [0.2, 0.25) is 0 Å². The highest BCUT2D eigenvalue weighted by Gasteiger charge is 2.55. The van der Waals surface area contributed by atoms with Gasteiger partial charge in [-0.1, -0.05) is 25.8 Å². The van der Waals surface area contributed by atoms with Crippen LogP contribution in [-0.4, -0.2) is 11.6 Å². The molecule has 1 saturated carbocycles. The van der Waals surface area contributed by atoms with Crippen molar-refractivity contribution < 1.29 is 9.59 Å². The predicted octanol–water partition coefficient (Wildman–Crippen LogP) is 3.04. The number of hydrogen-bond acceptors (Lipinski definition) is 4. The molecule has 0 N–H and O–H groups in total. The van der Waals surface area contributed by atoms with Crippen molar-refractivity contribution in [1.82, 2.24) is 0 Å². The van der Waals surface area contributed by atoms with Crippen molar-refractivity contribution in [2.45, 2.75) is 33.6 Å². The van der Waals surface area contributed by atoms with Crippen LogP contribution in [0.1, 0.15) is 33.6 Å². The minimum atomic E-state index is -0.795. The molecule has 4 atom stereocenters. The smallest absolute Gasteiger partial charge is 0.196 e. The molecule has 25 heavy (non-hydrogen) atoms. The van der Waals surface area contributed by atoms with E-state index in [2.05, 4.69) is 11.8 Å². The van der Waals surface area contributed by atoms with E-state index in [-0.39, 0.29) is 29.0 Å². The van der Waals surface area contributed by atoms with E-state index in [9.17, 15) is 14.9 Å². The lowest BCUT2D eigenvalue weighted by Crippen LogP contribution is -2.49. The van der Waals surface area contributed by atoms with Crippen molar-refractivity contribution in [3.05, 3.63) is 34.9 Å². The molecule has 0 spiro atoms. The first-order valence-corrected chi connectivity index (χ1v) is 8.34. The van der Waals surface area contributed by atoms with Gasteiger partial charge in [0.05, 0.1) is 11.0 Å². The second-order valence-electron chi connectivity index (χ2n) is 7.33. The fourth-order valence-electron chi connectivity index (χ4n) is 4.87. The Labute approximate surface area is 147 Å². The third-order valence-electron chi connectivity index (χ3n) is 6.00. The van der Waals surface area contributed by atoms with E-state index >= 15 is 0 Å². The van der Waals surface area contributed by atoms with Crippen LogP contribution in [0.5, 0.6) is 0 Å². The lowest BCUT2D eigenvalue weighted by molar-refractivity contribution is -0.123. The van der Waals surface area contributed by atoms with Crippen LogP contribution in [0, 0.1) is 57.2 Å². The molecule has 3 aliphatic carbocycles. The van der Waals surface area contributed by atoms with Crippen molar-refractivity contribution in [1.29, 1.82) is 10.5 Å². The molecule has 1 fully saturated rings. The van der Waals surface area contributed by atoms with Crippen LogP contribution in [-0.2, 0) is 9.59 Å². The Kier molecular flexibility index (Phi) is 3.78. The van der Waals surface area contributed by atoms with Gasteiger partial charge in [0.2, 0.25) is 0 Å². The van der Waals surface area contributed by atoms with Gasteiger partial charge in [-0.3, -0.25) is 9.59 Å². The van der Waals surface area contributed by atoms with E-state index in [1.54, 1.807) is 13.0 Å². The maximum atomic E-state index is 12.4. The van der Waals surface area contributed by atoms with Crippen LogP contribution in [0.3, 0.4) is 0 Å². The van der Waals surface area contributed by atoms with Gasteiger partial charge in [-0.05, 0) is 49.0 Å². The first-order valence-electron chi connectivity index (χ1n) is 8.34. The van der Waals surface area contributed by atoms with Crippen molar-refractivity contribution in [2.24, 2.45) is 22.7 Å². The Bertz CT molecular complexity index is 926. The fourth-order valence-corrected chi connectivity index (χ4v) is 4.87. The van der Waals surface area contributed by atoms with Crippen LogP contribution < -0.4 is 0 Å². The molecule has 0 radical (unpaired) electrons. The zero-order valence-corrected chi connectivity index (χ0v) is 14.5. The van der Waals surface area contributed by atoms with E-state index in [0.29, 0.717) is 12.0 Å². The number of hydrogen-bond donors (Lipinski definition) is 0. The molecule has 0 heterocycles. The molecule has 1 unspecified atom stereocenters. The van der Waals surface area contributed by atoms with E-state index < -0.39 is 10.8 Å². The van der Waals surface area contributed by atoms with Gasteiger partial charge < -0.3 is 0 Å². The van der Waals surface area contributed by atoms with Crippen molar-refractivity contribution >= 4 is 11.6 Å². The summed E-state index contributed by atoms with van der Waals surface area (Å²) in [6, 6.07) is 3.78. The summed E-state index contributed by atoms with van der Waals surface area (Å²) in [5, 5.41) is 18.2. The van der Waals surface area contributed by atoms with Gasteiger partial charge in [0.25, 0.3) is 0 Å². The molecule has 0 saturated heterocycles. The van der Waals surface area contributed by atoms with E-state index in [0.717, 1.165) is 12.0 Å². The summed E-state index contributed by atoms with van der Waals surface area (Å²) in [7, 11) is 0. The van der Waals surface area contributed by atoms with Gasteiger partial charge in [-0.2, -0.15) is 10.5 Å². The van der Waals surface area contributed by atoms with E-state index in [1.165, 1.54) is 6.08 Å². The maximum Gasteiger partial charge on any atom is 0.196 e. The molecule has 3 aliphatic rings. The fraction of sp³-hybridized carbons (Fsp3) is 0.429. The monoisotopic (exact) mass is 330 g/mol. The molecular weight excluding hydrogens is 312 g/mol. The lowest BCUT2D eigenvalue weighted by atomic mass is 9.48. The quantitative estimate of drug-likeness (QED) is 0.639. The Hall–Kier alpha value is -2.90. The number of carbonyl (C=O) groups excluding carboxylic acids is 2. The average molecular weight is 330 g/mol. The van der Waals surface area contributed by atoms with Gasteiger partial charge >= 0.3 is 0 Å². The number of fused-ring (bicyclic) bond motifs is 3. The summed E-state index contributed by atoms with van der Waals surface area (Å²) in [5.74, 6) is 5.24. The highest BCUT2D eigenvalue weighted by Crippen LogP contribution is 2.60. The maximum absolute atomic E-state index is 12.4. The average Bonchev–Trinajstić information content (AvgIpc) is 2.58. The Morgan fingerprint density at radius 2 is 1.96 bits per heavy atom. The van der Waals surface area contributed by atoms with Crippen LogP contribution in [0.4, 0.5) is 0 Å². The zero-order valence-electron chi connectivity index (χ0n) is 14.5. The molecule has 3 rings (SSSR count). The van der Waals surface area contributed by atoms with Gasteiger partial charge in [-0.25, -0.2) is 0 Å². The molecule has 0 aromatic rings. The van der Waals surface area contributed by atoms with Crippen molar-refractivity contribution in [3.8, 4) is 24.0 Å². The minimum absolute atomic E-state index is 0.0682. The Morgan fingerprint density at radius 1 is 1.24 bits per heavy atom. The number of Topliss-reactive ketones (excluding diaryl/α,β-unsaturated/α-hetero) is 1. The second-order valence-corrected chi connectivity index (χ2v) is 7.33. The van der Waals surface area contributed by atoms with Crippen LogP contribution in [0.25, 0.3) is 0 Å². The summed E-state index contributed by atoms with van der Waals surface area (Å²) in [6.07, 6.45) is 6.43. The minimum Gasteiger partial charge on any atom is -0.294 e. The zero-order chi connectivity index (χ0) is 18.4. The highest BCUT2D eigenvalue weighted by molar-refractivity contribution is 6.09. The number of ketones is 2. The van der Waals surface area contributed by atoms with Gasteiger partial charge in [-0.15, -0.1) is 0 Å². The first-order chi connectivity index (χ1) is 11.8. The standard InChI is InChI=1S/C21H18N2O2/c1-13-10-20(3)16(14(2)19(13)25)5-7-21(6-4-8-22)11-15(12-23)17(24)9-18(20)21/h9-11,14,16H,5,7H2,1-3H3/t14-,16?,20+,21+/m1/s1. The molecule has 4 heteroatoms. The van der Waals surface area contributed by atoms with Crippen molar-refractivity contribution in [3.63, 3.8) is 0 Å². The summed E-state index contributed by atoms with van der Waals surface area (Å²) in [4.78, 5) is 24.8. The van der Waals surface area contributed by atoms with Gasteiger partial charge in [0, 0.05) is 17.3 Å². The summed E-state index contributed by atoms with van der Waals surface area (Å²) < 4.78 is 0. The summed E-state index contributed by atoms with van der Waals surface area (Å²) >= 11 is 0. The molecule has 0 aliphatic heterocycles. The number of allylic oxidation sites excluding steroid dienone is 6. The number of carbonyl (C=O) groups is 2. The number of nitriles is 2. The third-order valence-corrected chi connectivity index (χ3v) is 6.00. The number of rotatable bonds is 0. The lowest BCUT2D eigenvalue weighted by Gasteiger charge is -2.53. The second kappa shape index (κ2) is 5.58. The van der Waals surface area contributed by atoms with E-state index in [1.807, 2.05) is 32.1 Å². The third kappa shape index (κ3) is 2.28. The highest BCUT2D eigenvalue weighted by atomic mass is 16.1. The molecule has 4 nitrogen and oxygen atoms in total. The molecule has 0 bridgehead atoms. The first kappa shape index (κ1) is 16.9. The Balaban J connectivity index is 2.27. The van der Waals surface area contributed by atoms with Crippen LogP contribution in [0.15, 0.2) is 34.9 Å². The normalized spacial score (nSPS) is 36.3. The molecule has 0 aromatic carbocycles. The summed E-state index contributed by atoms with van der Waals surface area (Å²) in [6.45, 7) is 5.78. The molecule has 124 valence electrons. The molecule has 0 aromatic heterocycles. The van der Waals surface area contributed by atoms with Gasteiger partial charge in [0.1, 0.15) is 6.07 Å². The Morgan fingerprint density at radius 3 is 2.60 bits per heavy atom. The molecule has 0 amide bonds. The molecular formula is C21H18N2O2. The topological polar surface area (TPSA) is 81.7 Å². The van der Waals surface area contributed by atoms with Gasteiger partial charge in [0.15, 0.2) is 17.6 Å². The van der Waals surface area contributed by atoms with Crippen molar-refractivity contribution in [2.75, 3.05) is 0 Å². The number of nitrogens with zero attached hydrogens (tertiary/aromatic N) is 2. The largest absolute Gasteiger partial charge is 0.294 e. The summed E-state index contributed by atoms with van der Waals surface area (Å²) in [5.41, 5.74) is 0.281.